The number of rotatable bonds is 3. The number of allylic oxidation sites excluding steroid dienone is 1. The van der Waals surface area contributed by atoms with Crippen LogP contribution in [0.1, 0.15) is 27.7 Å². The van der Waals surface area contributed by atoms with Gasteiger partial charge in [0.2, 0.25) is 0 Å². The summed E-state index contributed by atoms with van der Waals surface area (Å²) in [7, 11) is -2.00. The minimum absolute atomic E-state index is 0.0245. The van der Waals surface area contributed by atoms with E-state index < -0.39 is 14.3 Å². The topological polar surface area (TPSA) is 46.5 Å². The average Bonchev–Trinajstić information content (AvgIpc) is 1.97. The number of hydrogen-bond donors (Lipinski definition) is 1. The van der Waals surface area contributed by atoms with Gasteiger partial charge >= 0.3 is 5.97 Å². The average molecular weight is 216 g/mol. The third-order valence-electron chi connectivity index (χ3n) is 2.64. The summed E-state index contributed by atoms with van der Waals surface area (Å²) >= 11 is 0. The second-order valence-corrected chi connectivity index (χ2v) is 9.55. The van der Waals surface area contributed by atoms with E-state index in [1.54, 1.807) is 6.92 Å². The molecule has 0 saturated carbocycles. The van der Waals surface area contributed by atoms with Crippen molar-refractivity contribution in [3.8, 4) is 0 Å². The Bertz CT molecular complexity index is 249. The Labute approximate surface area is 86.9 Å². The van der Waals surface area contributed by atoms with Gasteiger partial charge < -0.3 is 9.53 Å². The standard InChI is InChI=1S/C10H20O3Si/c1-7-8(9(11)12)13-14(5,6)10(2,3)4/h7H,1-6H3,(H,11,12). The van der Waals surface area contributed by atoms with Crippen LogP contribution in [0.25, 0.3) is 0 Å². The predicted molar refractivity (Wildman–Crippen MR) is 59.7 cm³/mol. The largest absolute Gasteiger partial charge is 0.539 e. The third kappa shape index (κ3) is 3.18. The molecule has 1 N–H and O–H groups in total. The molecule has 82 valence electrons. The minimum Gasteiger partial charge on any atom is -0.539 e. The first-order valence-corrected chi connectivity index (χ1v) is 7.61. The number of hydrogen-bond acceptors (Lipinski definition) is 2. The second kappa shape index (κ2) is 4.17. The van der Waals surface area contributed by atoms with Crippen molar-refractivity contribution in [1.29, 1.82) is 0 Å². The highest BCUT2D eigenvalue weighted by Crippen LogP contribution is 2.37. The van der Waals surface area contributed by atoms with Gasteiger partial charge in [-0.1, -0.05) is 20.8 Å². The van der Waals surface area contributed by atoms with Crippen LogP contribution < -0.4 is 0 Å². The van der Waals surface area contributed by atoms with Crippen molar-refractivity contribution in [1.82, 2.24) is 0 Å². The Kier molecular flexibility index (Phi) is 3.94. The Morgan fingerprint density at radius 2 is 1.79 bits per heavy atom. The lowest BCUT2D eigenvalue weighted by Gasteiger charge is -2.36. The van der Waals surface area contributed by atoms with E-state index in [-0.39, 0.29) is 10.8 Å². The van der Waals surface area contributed by atoms with Crippen molar-refractivity contribution in [2.24, 2.45) is 0 Å². The maximum atomic E-state index is 10.8. The van der Waals surface area contributed by atoms with Gasteiger partial charge in [0.1, 0.15) is 0 Å². The zero-order chi connectivity index (χ0) is 11.6. The molecule has 0 aromatic heterocycles. The van der Waals surface area contributed by atoms with Crippen LogP contribution in [0.3, 0.4) is 0 Å². The molecule has 0 amide bonds. The lowest BCUT2D eigenvalue weighted by Crippen LogP contribution is -2.41. The molecular weight excluding hydrogens is 196 g/mol. The second-order valence-electron chi connectivity index (χ2n) is 4.82. The van der Waals surface area contributed by atoms with Gasteiger partial charge in [0.25, 0.3) is 8.32 Å². The maximum Gasteiger partial charge on any atom is 0.369 e. The van der Waals surface area contributed by atoms with Crippen molar-refractivity contribution < 1.29 is 14.3 Å². The molecule has 0 saturated heterocycles. The molecule has 0 aromatic carbocycles. The van der Waals surface area contributed by atoms with Gasteiger partial charge in [0.15, 0.2) is 5.76 Å². The molecule has 4 heteroatoms. The predicted octanol–water partition coefficient (Wildman–Crippen LogP) is 3.00. The fraction of sp³-hybridized carbons (Fsp3) is 0.700. The lowest BCUT2D eigenvalue weighted by molar-refractivity contribution is -0.135. The molecular formula is C10H20O3Si. The molecule has 0 radical (unpaired) electrons. The Balaban J connectivity index is 4.75. The van der Waals surface area contributed by atoms with Crippen LogP contribution in [-0.2, 0) is 9.22 Å². The van der Waals surface area contributed by atoms with Gasteiger partial charge in [-0.15, -0.1) is 0 Å². The third-order valence-corrected chi connectivity index (χ3v) is 6.99. The van der Waals surface area contributed by atoms with E-state index in [4.69, 9.17) is 9.53 Å². The van der Waals surface area contributed by atoms with Crippen molar-refractivity contribution >= 4 is 14.3 Å². The molecule has 3 nitrogen and oxygen atoms in total. The highest BCUT2D eigenvalue weighted by molar-refractivity contribution is 6.74. The van der Waals surface area contributed by atoms with Gasteiger partial charge in [-0.3, -0.25) is 0 Å². The molecule has 0 unspecified atom stereocenters. The monoisotopic (exact) mass is 216 g/mol. The highest BCUT2D eigenvalue weighted by atomic mass is 28.4. The van der Waals surface area contributed by atoms with Crippen molar-refractivity contribution in [3.05, 3.63) is 11.8 Å². The van der Waals surface area contributed by atoms with Crippen LogP contribution >= 0.6 is 0 Å². The minimum atomic E-state index is -2.00. The van der Waals surface area contributed by atoms with Crippen LogP contribution in [0.15, 0.2) is 11.8 Å². The van der Waals surface area contributed by atoms with E-state index in [9.17, 15) is 4.79 Å². The molecule has 14 heavy (non-hydrogen) atoms. The van der Waals surface area contributed by atoms with Gasteiger partial charge in [-0.2, -0.15) is 0 Å². The lowest BCUT2D eigenvalue weighted by atomic mass is 10.2. The first-order chi connectivity index (χ1) is 6.12. The SMILES string of the molecule is CC=C(O[Si](C)(C)C(C)(C)C)C(=O)O. The molecule has 0 aliphatic heterocycles. The first-order valence-electron chi connectivity index (χ1n) is 4.70. The molecule has 0 bridgehead atoms. The number of carboxylic acid groups (broad SMARTS) is 1. The Morgan fingerprint density at radius 1 is 1.36 bits per heavy atom. The summed E-state index contributed by atoms with van der Waals surface area (Å²) in [6.07, 6.45) is 1.50. The summed E-state index contributed by atoms with van der Waals surface area (Å²) in [6.45, 7) is 12.0. The molecule has 0 aromatic rings. The van der Waals surface area contributed by atoms with E-state index in [0.717, 1.165) is 0 Å². The van der Waals surface area contributed by atoms with Gasteiger partial charge in [-0.05, 0) is 31.1 Å². The van der Waals surface area contributed by atoms with Gasteiger partial charge in [0.05, 0.1) is 0 Å². The molecule has 0 atom stereocenters. The van der Waals surface area contributed by atoms with Crippen LogP contribution in [-0.4, -0.2) is 19.4 Å². The normalized spacial score (nSPS) is 14.0. The summed E-state index contributed by atoms with van der Waals surface area (Å²) in [6, 6.07) is 0. The van der Waals surface area contributed by atoms with Crippen molar-refractivity contribution in [3.63, 3.8) is 0 Å². The highest BCUT2D eigenvalue weighted by Gasteiger charge is 2.40. The molecule has 0 heterocycles. The first kappa shape index (κ1) is 13.2. The maximum absolute atomic E-state index is 10.8. The fourth-order valence-corrected chi connectivity index (χ4v) is 1.72. The molecule has 0 spiro atoms. The van der Waals surface area contributed by atoms with E-state index in [2.05, 4.69) is 20.8 Å². The van der Waals surface area contributed by atoms with E-state index in [1.165, 1.54) is 6.08 Å². The fourth-order valence-electron chi connectivity index (χ4n) is 0.654. The number of aliphatic carboxylic acids is 1. The van der Waals surface area contributed by atoms with Crippen LogP contribution in [0, 0.1) is 0 Å². The zero-order valence-electron chi connectivity index (χ0n) is 9.84. The van der Waals surface area contributed by atoms with Crippen molar-refractivity contribution in [2.45, 2.75) is 45.8 Å². The zero-order valence-corrected chi connectivity index (χ0v) is 10.8. The van der Waals surface area contributed by atoms with Crippen LogP contribution in [0.2, 0.25) is 18.1 Å². The summed E-state index contributed by atoms with van der Waals surface area (Å²) < 4.78 is 5.61. The van der Waals surface area contributed by atoms with Crippen molar-refractivity contribution in [2.75, 3.05) is 0 Å². The van der Waals surface area contributed by atoms with Crippen LogP contribution in [0.4, 0.5) is 0 Å². The summed E-state index contributed by atoms with van der Waals surface area (Å²) in [5.74, 6) is -0.922. The van der Waals surface area contributed by atoms with Gasteiger partial charge in [0, 0.05) is 0 Å². The Morgan fingerprint density at radius 3 is 2.00 bits per heavy atom. The van der Waals surface area contributed by atoms with Crippen LogP contribution in [0.5, 0.6) is 0 Å². The Hall–Kier alpha value is -0.773. The summed E-state index contributed by atoms with van der Waals surface area (Å²) in [5.41, 5.74) is 0. The molecule has 0 aliphatic carbocycles. The van der Waals surface area contributed by atoms with E-state index in [1.807, 2.05) is 13.1 Å². The summed E-state index contributed by atoms with van der Waals surface area (Å²) in [5, 5.41) is 8.86. The number of carbonyl (C=O) groups is 1. The van der Waals surface area contributed by atoms with E-state index >= 15 is 0 Å². The quantitative estimate of drug-likeness (QED) is 0.448. The molecule has 0 rings (SSSR count). The molecule has 0 aliphatic rings. The van der Waals surface area contributed by atoms with E-state index in [0.29, 0.717) is 0 Å². The smallest absolute Gasteiger partial charge is 0.369 e. The summed E-state index contributed by atoms with van der Waals surface area (Å²) in [4.78, 5) is 10.8. The number of carboxylic acids is 1. The molecule has 0 fully saturated rings. The van der Waals surface area contributed by atoms with Gasteiger partial charge in [-0.25, -0.2) is 4.79 Å².